The molecule has 0 bridgehead atoms. The first kappa shape index (κ1) is 16.9. The first-order valence-electron chi connectivity index (χ1n) is 9.49. The van der Waals surface area contributed by atoms with E-state index in [1.807, 2.05) is 6.92 Å². The van der Waals surface area contributed by atoms with E-state index in [0.717, 1.165) is 48.7 Å². The largest absolute Gasteiger partial charge is 0.368 e. The molecule has 0 aromatic carbocycles. The quantitative estimate of drug-likeness (QED) is 0.762. The molecule has 3 saturated heterocycles. The summed E-state index contributed by atoms with van der Waals surface area (Å²) >= 11 is 1.62. The number of aromatic nitrogens is 2. The van der Waals surface area contributed by atoms with Gasteiger partial charge >= 0.3 is 0 Å². The molecule has 1 spiro atoms. The minimum absolute atomic E-state index is 0.0638. The Hall–Kier alpha value is -1.29. The van der Waals surface area contributed by atoms with E-state index in [1.54, 1.807) is 16.4 Å². The van der Waals surface area contributed by atoms with Gasteiger partial charge in [-0.15, -0.1) is 10.2 Å². The molecule has 0 unspecified atom stereocenters. The van der Waals surface area contributed by atoms with Crippen molar-refractivity contribution in [3.63, 3.8) is 0 Å². The summed E-state index contributed by atoms with van der Waals surface area (Å²) < 4.78 is 6.26. The molecule has 26 heavy (non-hydrogen) atoms. The van der Waals surface area contributed by atoms with Crippen LogP contribution in [0, 0.1) is 12.8 Å². The third-order valence-corrected chi connectivity index (χ3v) is 6.60. The van der Waals surface area contributed by atoms with Crippen LogP contribution in [0.4, 0.5) is 5.13 Å². The molecule has 9 heteroatoms. The molecule has 4 fully saturated rings. The fourth-order valence-corrected chi connectivity index (χ4v) is 4.80. The Morgan fingerprint density at radius 3 is 2.81 bits per heavy atom. The normalized spacial score (nSPS) is 28.6. The van der Waals surface area contributed by atoms with E-state index < -0.39 is 0 Å². The van der Waals surface area contributed by atoms with Crippen molar-refractivity contribution in [3.8, 4) is 0 Å². The van der Waals surface area contributed by atoms with Gasteiger partial charge in [-0.3, -0.25) is 14.5 Å². The number of hydrogen-bond acceptors (Lipinski definition) is 8. The van der Waals surface area contributed by atoms with Crippen LogP contribution in [0.5, 0.6) is 0 Å². The zero-order valence-corrected chi connectivity index (χ0v) is 15.9. The molecule has 1 atom stereocenters. The highest BCUT2D eigenvalue weighted by atomic mass is 32.1. The van der Waals surface area contributed by atoms with Crippen molar-refractivity contribution in [2.24, 2.45) is 5.92 Å². The van der Waals surface area contributed by atoms with Gasteiger partial charge in [-0.05, 0) is 32.1 Å². The lowest BCUT2D eigenvalue weighted by molar-refractivity contribution is -0.194. The maximum Gasteiger partial charge on any atom is 0.265 e. The predicted octanol–water partition coefficient (Wildman–Crippen LogP) is 0.680. The number of hydroxylamine groups is 2. The van der Waals surface area contributed by atoms with Gasteiger partial charge in [-0.1, -0.05) is 11.3 Å². The number of hydrogen-bond donors (Lipinski definition) is 0. The lowest BCUT2D eigenvalue weighted by Gasteiger charge is -2.55. The molecular formula is C17H25N5O3S. The van der Waals surface area contributed by atoms with Crippen LogP contribution in [0.15, 0.2) is 0 Å². The number of rotatable bonds is 4. The highest BCUT2D eigenvalue weighted by molar-refractivity contribution is 7.15. The summed E-state index contributed by atoms with van der Waals surface area (Å²) in [4.78, 5) is 22.9. The molecule has 1 saturated carbocycles. The zero-order valence-electron chi connectivity index (χ0n) is 15.1. The van der Waals surface area contributed by atoms with Crippen molar-refractivity contribution < 1.29 is 14.4 Å². The number of morpholine rings is 1. The highest BCUT2D eigenvalue weighted by Crippen LogP contribution is 2.38. The monoisotopic (exact) mass is 379 g/mol. The number of aryl methyl sites for hydroxylation is 1. The lowest BCUT2D eigenvalue weighted by atomic mass is 9.90. The molecule has 0 radical (unpaired) electrons. The van der Waals surface area contributed by atoms with E-state index in [-0.39, 0.29) is 17.6 Å². The molecule has 4 aliphatic rings. The Morgan fingerprint density at radius 2 is 2.15 bits per heavy atom. The molecule has 8 nitrogen and oxygen atoms in total. The van der Waals surface area contributed by atoms with E-state index in [1.165, 1.54) is 12.8 Å². The molecule has 1 aromatic heterocycles. The molecule has 5 rings (SSSR count). The highest BCUT2D eigenvalue weighted by Gasteiger charge is 2.52. The standard InChI is InChI=1S/C17H25N5O3S/c1-12-18-19-16(26-12)21-10-17(11-21)9-20(7-13-3-4-13)14(8-24-17)15(23)22-5-2-6-25-22/h13-14H,2-11H2,1H3/t14-/m1/s1. The first-order valence-corrected chi connectivity index (χ1v) is 10.3. The number of carbonyl (C=O) groups is 1. The predicted molar refractivity (Wildman–Crippen MR) is 95.9 cm³/mol. The second-order valence-corrected chi connectivity index (χ2v) is 9.13. The lowest BCUT2D eigenvalue weighted by Crippen LogP contribution is -2.73. The van der Waals surface area contributed by atoms with Crippen molar-refractivity contribution >= 4 is 22.4 Å². The summed E-state index contributed by atoms with van der Waals surface area (Å²) in [5.41, 5.74) is -0.183. The summed E-state index contributed by atoms with van der Waals surface area (Å²) in [5.74, 6) is 0.802. The smallest absolute Gasteiger partial charge is 0.265 e. The average Bonchev–Trinajstić information content (AvgIpc) is 3.09. The van der Waals surface area contributed by atoms with Gasteiger partial charge in [0.1, 0.15) is 16.7 Å². The van der Waals surface area contributed by atoms with Crippen molar-refractivity contribution in [3.05, 3.63) is 5.01 Å². The Morgan fingerprint density at radius 1 is 1.31 bits per heavy atom. The SMILES string of the molecule is Cc1nnc(N2CC3(C2)CN(CC2CC2)[C@@H](C(=O)N2CCCO2)CO3)s1. The van der Waals surface area contributed by atoms with Crippen LogP contribution in [-0.2, 0) is 14.4 Å². The molecule has 4 heterocycles. The summed E-state index contributed by atoms with van der Waals surface area (Å²) in [7, 11) is 0. The van der Waals surface area contributed by atoms with Crippen LogP contribution in [-0.4, -0.2) is 83.6 Å². The van der Waals surface area contributed by atoms with Crippen molar-refractivity contribution in [1.82, 2.24) is 20.2 Å². The third-order valence-electron chi connectivity index (χ3n) is 5.70. The van der Waals surface area contributed by atoms with Gasteiger partial charge in [0.15, 0.2) is 0 Å². The van der Waals surface area contributed by atoms with E-state index >= 15 is 0 Å². The first-order chi connectivity index (χ1) is 12.6. The van der Waals surface area contributed by atoms with Crippen molar-refractivity contribution in [2.75, 3.05) is 50.8 Å². The van der Waals surface area contributed by atoms with Crippen molar-refractivity contribution in [2.45, 2.75) is 37.8 Å². The summed E-state index contributed by atoms with van der Waals surface area (Å²) in [6, 6.07) is -0.211. The Balaban J connectivity index is 1.26. The third kappa shape index (κ3) is 3.11. The number of carbonyl (C=O) groups excluding carboxylic acids is 1. The van der Waals surface area contributed by atoms with E-state index in [2.05, 4.69) is 20.0 Å². The van der Waals surface area contributed by atoms with Gasteiger partial charge in [-0.2, -0.15) is 0 Å². The maximum absolute atomic E-state index is 12.9. The number of anilines is 1. The van der Waals surface area contributed by atoms with E-state index in [4.69, 9.17) is 9.57 Å². The number of ether oxygens (including phenoxy) is 1. The van der Waals surface area contributed by atoms with Gasteiger partial charge in [0.25, 0.3) is 5.91 Å². The molecular weight excluding hydrogens is 354 g/mol. The molecule has 1 aliphatic carbocycles. The van der Waals surface area contributed by atoms with Crippen LogP contribution >= 0.6 is 11.3 Å². The Labute approximate surface area is 157 Å². The van der Waals surface area contributed by atoms with E-state index in [0.29, 0.717) is 19.8 Å². The molecule has 1 amide bonds. The van der Waals surface area contributed by atoms with Crippen LogP contribution in [0.25, 0.3) is 0 Å². The van der Waals surface area contributed by atoms with Crippen LogP contribution in [0.3, 0.4) is 0 Å². The van der Waals surface area contributed by atoms with Crippen LogP contribution in [0.2, 0.25) is 0 Å². The maximum atomic E-state index is 12.9. The van der Waals surface area contributed by atoms with Gasteiger partial charge in [0.2, 0.25) is 5.13 Å². The summed E-state index contributed by atoms with van der Waals surface area (Å²) in [6.45, 7) is 7.21. The number of amides is 1. The van der Waals surface area contributed by atoms with Crippen LogP contribution in [0.1, 0.15) is 24.3 Å². The molecule has 1 aromatic rings. The minimum atomic E-state index is -0.211. The van der Waals surface area contributed by atoms with Gasteiger partial charge in [0, 0.05) is 13.1 Å². The van der Waals surface area contributed by atoms with Gasteiger partial charge in [-0.25, -0.2) is 5.06 Å². The van der Waals surface area contributed by atoms with Gasteiger partial charge < -0.3 is 9.64 Å². The van der Waals surface area contributed by atoms with Crippen LogP contribution < -0.4 is 4.90 Å². The molecule has 142 valence electrons. The fourth-order valence-electron chi connectivity index (χ4n) is 4.12. The van der Waals surface area contributed by atoms with E-state index in [9.17, 15) is 4.79 Å². The second-order valence-electron chi connectivity index (χ2n) is 7.97. The number of nitrogens with zero attached hydrogens (tertiary/aromatic N) is 5. The topological polar surface area (TPSA) is 71.0 Å². The van der Waals surface area contributed by atoms with Crippen molar-refractivity contribution in [1.29, 1.82) is 0 Å². The Kier molecular flexibility index (Phi) is 4.15. The fraction of sp³-hybridized carbons (Fsp3) is 0.824. The Bertz CT molecular complexity index is 682. The zero-order chi connectivity index (χ0) is 17.7. The second kappa shape index (κ2) is 6.40. The summed E-state index contributed by atoms with van der Waals surface area (Å²) in [6.07, 6.45) is 3.48. The molecule has 0 N–H and O–H groups in total. The summed E-state index contributed by atoms with van der Waals surface area (Å²) in [5, 5.41) is 11.8. The average molecular weight is 379 g/mol. The minimum Gasteiger partial charge on any atom is -0.368 e. The van der Waals surface area contributed by atoms with Gasteiger partial charge in [0.05, 0.1) is 32.8 Å². The molecule has 3 aliphatic heterocycles.